The van der Waals surface area contributed by atoms with E-state index in [1.165, 1.54) is 24.1 Å². The van der Waals surface area contributed by atoms with Crippen LogP contribution in [0.5, 0.6) is 0 Å². The van der Waals surface area contributed by atoms with Crippen molar-refractivity contribution in [3.63, 3.8) is 0 Å². The Morgan fingerprint density at radius 3 is 2.85 bits per heavy atom. The largest absolute Gasteiger partial charge is 0.327 e. The molecule has 1 fully saturated rings. The van der Waals surface area contributed by atoms with E-state index in [4.69, 9.17) is 0 Å². The minimum absolute atomic E-state index is 0.322. The summed E-state index contributed by atoms with van der Waals surface area (Å²) in [6.45, 7) is 4.45. The molecule has 4 heteroatoms. The molecule has 2 heterocycles. The Bertz CT molecular complexity index is 555. The van der Waals surface area contributed by atoms with Crippen molar-refractivity contribution in [3.8, 4) is 0 Å². The zero-order chi connectivity index (χ0) is 13.9. The van der Waals surface area contributed by atoms with Crippen LogP contribution in [0.15, 0.2) is 41.3 Å². The number of nitrogens with one attached hydrogen (secondary N) is 1. The highest BCUT2D eigenvalue weighted by Gasteiger charge is 2.21. The van der Waals surface area contributed by atoms with Crippen molar-refractivity contribution in [2.45, 2.75) is 31.7 Å². The Labute approximate surface area is 128 Å². The highest BCUT2D eigenvalue weighted by molar-refractivity contribution is 9.10. The van der Waals surface area contributed by atoms with Crippen LogP contribution >= 0.6 is 15.9 Å². The molecular weight excluding hydrogens is 314 g/mol. The van der Waals surface area contributed by atoms with Crippen molar-refractivity contribution in [1.29, 1.82) is 0 Å². The molecule has 1 saturated heterocycles. The summed E-state index contributed by atoms with van der Waals surface area (Å²) >= 11 is 3.49. The van der Waals surface area contributed by atoms with E-state index in [0.717, 1.165) is 17.6 Å². The quantitative estimate of drug-likeness (QED) is 0.927. The molecule has 0 bridgehead atoms. The molecular formula is C16H20BrN3. The van der Waals surface area contributed by atoms with E-state index in [0.29, 0.717) is 12.0 Å². The summed E-state index contributed by atoms with van der Waals surface area (Å²) in [7, 11) is 0. The monoisotopic (exact) mass is 333 g/mol. The summed E-state index contributed by atoms with van der Waals surface area (Å²) in [5.74, 6) is 0.587. The van der Waals surface area contributed by atoms with Crippen molar-refractivity contribution >= 4 is 15.9 Å². The van der Waals surface area contributed by atoms with Crippen LogP contribution in [0.4, 0.5) is 0 Å². The van der Waals surface area contributed by atoms with E-state index in [1.54, 1.807) is 0 Å². The average Bonchev–Trinajstić information content (AvgIpc) is 2.97. The summed E-state index contributed by atoms with van der Waals surface area (Å²) < 4.78 is 3.44. The number of aromatic nitrogens is 2. The van der Waals surface area contributed by atoms with Crippen molar-refractivity contribution in [3.05, 3.63) is 52.5 Å². The van der Waals surface area contributed by atoms with Gasteiger partial charge in [-0.25, -0.2) is 4.98 Å². The molecule has 0 saturated carbocycles. The Morgan fingerprint density at radius 2 is 2.15 bits per heavy atom. The third kappa shape index (κ3) is 2.81. The smallest absolute Gasteiger partial charge is 0.0953 e. The second kappa shape index (κ2) is 6.10. The molecule has 20 heavy (non-hydrogen) atoms. The first kappa shape index (κ1) is 13.8. The maximum atomic E-state index is 4.39. The van der Waals surface area contributed by atoms with Gasteiger partial charge in [-0.2, -0.15) is 0 Å². The summed E-state index contributed by atoms with van der Waals surface area (Å²) in [6.07, 6.45) is 6.51. The molecule has 1 aliphatic heterocycles. The van der Waals surface area contributed by atoms with Crippen LogP contribution in [0.1, 0.15) is 43.0 Å². The number of hydrogen-bond donors (Lipinski definition) is 1. The van der Waals surface area contributed by atoms with E-state index >= 15 is 0 Å². The van der Waals surface area contributed by atoms with Gasteiger partial charge in [0.1, 0.15) is 0 Å². The number of hydrogen-bond acceptors (Lipinski definition) is 2. The minimum atomic E-state index is 0.322. The van der Waals surface area contributed by atoms with Crippen LogP contribution in [-0.4, -0.2) is 22.6 Å². The Morgan fingerprint density at radius 1 is 1.35 bits per heavy atom. The normalized spacial score (nSPS) is 20.8. The van der Waals surface area contributed by atoms with Crippen LogP contribution < -0.4 is 5.32 Å². The van der Waals surface area contributed by atoms with Crippen LogP contribution in [0.3, 0.4) is 0 Å². The number of halogens is 1. The maximum Gasteiger partial charge on any atom is 0.0953 e. The van der Waals surface area contributed by atoms with E-state index in [1.807, 2.05) is 12.5 Å². The molecule has 0 spiro atoms. The van der Waals surface area contributed by atoms with Gasteiger partial charge in [-0.05, 0) is 44.0 Å². The number of nitrogens with zero attached hydrogens (tertiary/aromatic N) is 2. The van der Waals surface area contributed by atoms with Gasteiger partial charge in [-0.1, -0.05) is 28.1 Å². The minimum Gasteiger partial charge on any atom is -0.327 e. The van der Waals surface area contributed by atoms with Gasteiger partial charge < -0.3 is 9.88 Å². The van der Waals surface area contributed by atoms with E-state index in [-0.39, 0.29) is 0 Å². The maximum absolute atomic E-state index is 4.39. The number of imidazole rings is 1. The highest BCUT2D eigenvalue weighted by atomic mass is 79.9. The second-order valence-electron chi connectivity index (χ2n) is 5.50. The predicted octanol–water partition coefficient (Wildman–Crippen LogP) is 3.72. The summed E-state index contributed by atoms with van der Waals surface area (Å²) in [4.78, 5) is 4.39. The lowest BCUT2D eigenvalue weighted by atomic mass is 9.96. The van der Waals surface area contributed by atoms with Crippen LogP contribution in [0.25, 0.3) is 0 Å². The van der Waals surface area contributed by atoms with Crippen LogP contribution in [0.2, 0.25) is 0 Å². The molecule has 1 N–H and O–H groups in total. The predicted molar refractivity (Wildman–Crippen MR) is 85.0 cm³/mol. The van der Waals surface area contributed by atoms with Gasteiger partial charge in [0, 0.05) is 28.8 Å². The van der Waals surface area contributed by atoms with Gasteiger partial charge in [0.2, 0.25) is 0 Å². The molecule has 3 rings (SSSR count). The first-order chi connectivity index (χ1) is 9.75. The lowest BCUT2D eigenvalue weighted by molar-refractivity contribution is 0.435. The number of piperidine rings is 1. The average molecular weight is 334 g/mol. The van der Waals surface area contributed by atoms with Crippen molar-refractivity contribution in [2.75, 3.05) is 13.1 Å². The number of benzene rings is 1. The molecule has 1 aromatic heterocycles. The highest BCUT2D eigenvalue weighted by Crippen LogP contribution is 2.28. The fourth-order valence-electron chi connectivity index (χ4n) is 2.96. The van der Waals surface area contributed by atoms with Gasteiger partial charge in [0.05, 0.1) is 12.4 Å². The van der Waals surface area contributed by atoms with Crippen LogP contribution in [-0.2, 0) is 0 Å². The van der Waals surface area contributed by atoms with Crippen molar-refractivity contribution in [1.82, 2.24) is 14.9 Å². The van der Waals surface area contributed by atoms with E-state index < -0.39 is 0 Å². The molecule has 0 amide bonds. The fraction of sp³-hybridized carbons (Fsp3) is 0.438. The summed E-state index contributed by atoms with van der Waals surface area (Å²) in [5, 5.41) is 3.49. The Balaban J connectivity index is 1.86. The van der Waals surface area contributed by atoms with Gasteiger partial charge in [-0.3, -0.25) is 0 Å². The number of rotatable bonds is 3. The SMILES string of the molecule is CC(c1ccc(Br)cc1)n1cncc1C1CCCNC1. The van der Waals surface area contributed by atoms with Crippen molar-refractivity contribution in [2.24, 2.45) is 0 Å². The molecule has 0 radical (unpaired) electrons. The zero-order valence-corrected chi connectivity index (χ0v) is 13.3. The van der Waals surface area contributed by atoms with Gasteiger partial charge in [0.25, 0.3) is 0 Å². The molecule has 106 valence electrons. The molecule has 2 unspecified atom stereocenters. The summed E-state index contributed by atoms with van der Waals surface area (Å²) in [6, 6.07) is 8.88. The van der Waals surface area contributed by atoms with E-state index in [9.17, 15) is 0 Å². The first-order valence-corrected chi connectivity index (χ1v) is 8.03. The van der Waals surface area contributed by atoms with Gasteiger partial charge in [0.15, 0.2) is 0 Å². The third-order valence-corrected chi connectivity index (χ3v) is 4.71. The molecule has 1 aliphatic rings. The van der Waals surface area contributed by atoms with Gasteiger partial charge in [-0.15, -0.1) is 0 Å². The topological polar surface area (TPSA) is 29.9 Å². The first-order valence-electron chi connectivity index (χ1n) is 7.23. The lowest BCUT2D eigenvalue weighted by Crippen LogP contribution is -2.30. The fourth-order valence-corrected chi connectivity index (χ4v) is 3.23. The third-order valence-electron chi connectivity index (χ3n) is 4.18. The Kier molecular flexibility index (Phi) is 4.22. The van der Waals surface area contributed by atoms with Crippen LogP contribution in [0, 0.1) is 0 Å². The molecule has 3 nitrogen and oxygen atoms in total. The molecule has 1 aromatic carbocycles. The lowest BCUT2D eigenvalue weighted by Gasteiger charge is -2.26. The summed E-state index contributed by atoms with van der Waals surface area (Å²) in [5.41, 5.74) is 2.67. The second-order valence-corrected chi connectivity index (χ2v) is 6.41. The van der Waals surface area contributed by atoms with E-state index in [2.05, 4.69) is 62.0 Å². The zero-order valence-electron chi connectivity index (χ0n) is 11.7. The standard InChI is InChI=1S/C16H20BrN3/c1-12(13-4-6-15(17)7-5-13)20-11-19-10-16(20)14-3-2-8-18-9-14/h4-7,10-12,14,18H,2-3,8-9H2,1H3. The molecule has 2 aromatic rings. The molecule has 0 aliphatic carbocycles. The van der Waals surface area contributed by atoms with Gasteiger partial charge >= 0.3 is 0 Å². The van der Waals surface area contributed by atoms with Crippen molar-refractivity contribution < 1.29 is 0 Å². The Hall–Kier alpha value is -1.13. The molecule has 2 atom stereocenters.